The molecule has 0 fully saturated rings. The van der Waals surface area contributed by atoms with Crippen molar-refractivity contribution in [1.29, 1.82) is 0 Å². The van der Waals surface area contributed by atoms with Crippen molar-refractivity contribution in [2.45, 2.75) is 26.4 Å². The summed E-state index contributed by atoms with van der Waals surface area (Å²) < 4.78 is 0. The Morgan fingerprint density at radius 2 is 2.36 bits per heavy atom. The Morgan fingerprint density at radius 3 is 2.86 bits per heavy atom. The maximum absolute atomic E-state index is 10.9. The van der Waals surface area contributed by atoms with Crippen LogP contribution in [0.25, 0.3) is 0 Å². The number of benzene rings is 1. The number of hydrogen-bond acceptors (Lipinski definition) is 2. The Labute approximate surface area is 124 Å². The zero-order valence-corrected chi connectivity index (χ0v) is 12.2. The van der Waals surface area contributed by atoms with Gasteiger partial charge < -0.3 is 6.74 Å². The van der Waals surface area contributed by atoms with E-state index in [0.717, 1.165) is 5.56 Å². The van der Waals surface area contributed by atoms with Crippen molar-refractivity contribution in [2.75, 3.05) is 0 Å². The molecular weight excluding hydrogens is 250 g/mol. The van der Waals surface area contributed by atoms with Crippen molar-refractivity contribution in [3.05, 3.63) is 35.9 Å². The van der Waals surface area contributed by atoms with Crippen molar-refractivity contribution < 1.29 is 6.22 Å². The molecule has 1 atom stereocenters. The van der Waals surface area contributed by atoms with E-state index in [9.17, 15) is 4.79 Å². The van der Waals surface area contributed by atoms with Gasteiger partial charge in [0, 0.05) is 0 Å². The Kier molecular flexibility index (Phi) is 7.78. The average Bonchev–Trinajstić information content (AvgIpc) is 2.15. The summed E-state index contributed by atoms with van der Waals surface area (Å²) in [4.78, 5) is 10.9. The minimum atomic E-state index is -0.0754. The quantitative estimate of drug-likeness (QED) is 0.656. The van der Waals surface area contributed by atoms with E-state index < -0.39 is 0 Å². The number of hydrogen-bond donors (Lipinski definition) is 1. The average molecular weight is 265 g/mol. The first-order valence-electron chi connectivity index (χ1n) is 4.39. The van der Waals surface area contributed by atoms with Crippen LogP contribution in [0.1, 0.15) is 20.8 Å². The number of nitrogens with one attached hydrogen (secondary N) is 1. The molecule has 2 nitrogen and oxygen atoms in total. The molecular formula is C11H15NOSr. The zero-order valence-electron chi connectivity index (χ0n) is 9.71. The Morgan fingerprint density at radius 1 is 1.64 bits per heavy atom. The molecule has 0 aliphatic carbocycles. The molecule has 0 bridgehead atoms. The van der Waals surface area contributed by atoms with Crippen LogP contribution < -0.4 is 5.32 Å². The fraction of sp³-hybridized carbons (Fsp3) is 0.364. The van der Waals surface area contributed by atoms with E-state index >= 15 is 0 Å². The SMILES string of the molecule is CC(=O)[C@H](C)NCc1[c-]cccc1.[H-].[Sr+2]. The first kappa shape index (κ1) is 14.3. The van der Waals surface area contributed by atoms with Crippen LogP contribution in [-0.4, -0.2) is 57.3 Å². The van der Waals surface area contributed by atoms with Gasteiger partial charge in [0.25, 0.3) is 0 Å². The fourth-order valence-electron chi connectivity index (χ4n) is 0.947. The second-order valence-corrected chi connectivity index (χ2v) is 3.10. The summed E-state index contributed by atoms with van der Waals surface area (Å²) in [6.45, 7) is 4.15. The summed E-state index contributed by atoms with van der Waals surface area (Å²) in [7, 11) is 0. The molecule has 0 amide bonds. The van der Waals surface area contributed by atoms with E-state index in [4.69, 9.17) is 0 Å². The minimum absolute atomic E-state index is 0. The van der Waals surface area contributed by atoms with Gasteiger partial charge in [-0.05, 0) is 20.4 Å². The number of carbonyl (C=O) groups is 1. The van der Waals surface area contributed by atoms with Crippen molar-refractivity contribution in [1.82, 2.24) is 5.32 Å². The molecule has 1 aromatic rings. The minimum Gasteiger partial charge on any atom is -1.00 e. The molecule has 0 spiro atoms. The second kappa shape index (κ2) is 7.60. The molecule has 1 aromatic carbocycles. The normalized spacial score (nSPS) is 11.6. The Bertz CT molecular complexity index is 279. The van der Waals surface area contributed by atoms with Gasteiger partial charge in [-0.1, -0.05) is 0 Å². The van der Waals surface area contributed by atoms with Crippen LogP contribution in [0.15, 0.2) is 24.3 Å². The third-order valence-electron chi connectivity index (χ3n) is 1.98. The van der Waals surface area contributed by atoms with E-state index in [1.165, 1.54) is 0 Å². The summed E-state index contributed by atoms with van der Waals surface area (Å²) in [5.74, 6) is 0.163. The van der Waals surface area contributed by atoms with Crippen LogP contribution >= 0.6 is 0 Å². The number of rotatable bonds is 4. The van der Waals surface area contributed by atoms with Gasteiger partial charge in [-0.2, -0.15) is 30.3 Å². The molecule has 0 aliphatic heterocycles. The predicted octanol–water partition coefficient (Wildman–Crippen LogP) is 1.29. The van der Waals surface area contributed by atoms with Gasteiger partial charge in [-0.15, -0.1) is 5.56 Å². The van der Waals surface area contributed by atoms with Gasteiger partial charge in [0.15, 0.2) is 0 Å². The maximum atomic E-state index is 10.9. The van der Waals surface area contributed by atoms with E-state index in [1.807, 2.05) is 31.2 Å². The van der Waals surface area contributed by atoms with Crippen LogP contribution in [0, 0.1) is 6.07 Å². The molecule has 14 heavy (non-hydrogen) atoms. The first-order valence-corrected chi connectivity index (χ1v) is 4.39. The molecule has 1 N–H and O–H groups in total. The maximum Gasteiger partial charge on any atom is 2.00 e. The van der Waals surface area contributed by atoms with Gasteiger partial charge in [0.1, 0.15) is 5.78 Å². The van der Waals surface area contributed by atoms with E-state index in [1.54, 1.807) is 6.92 Å². The Hall–Kier alpha value is 0.331. The third-order valence-corrected chi connectivity index (χ3v) is 1.98. The van der Waals surface area contributed by atoms with Crippen molar-refractivity contribution in [2.24, 2.45) is 0 Å². The molecule has 0 saturated heterocycles. The van der Waals surface area contributed by atoms with Gasteiger partial charge in [0.05, 0.1) is 6.04 Å². The van der Waals surface area contributed by atoms with Gasteiger partial charge in [-0.25, -0.2) is 0 Å². The predicted molar refractivity (Wildman–Crippen MR) is 59.1 cm³/mol. The summed E-state index contributed by atoms with van der Waals surface area (Å²) >= 11 is 0. The largest absolute Gasteiger partial charge is 2.00 e. The van der Waals surface area contributed by atoms with Crippen molar-refractivity contribution in [3.8, 4) is 0 Å². The first-order chi connectivity index (χ1) is 6.20. The van der Waals surface area contributed by atoms with Crippen LogP contribution in [-0.2, 0) is 11.3 Å². The van der Waals surface area contributed by atoms with Crippen LogP contribution in [0.3, 0.4) is 0 Å². The number of ketones is 1. The molecule has 0 radical (unpaired) electrons. The van der Waals surface area contributed by atoms with Crippen LogP contribution in [0.4, 0.5) is 0 Å². The molecule has 0 aliphatic rings. The fourth-order valence-corrected chi connectivity index (χ4v) is 0.947. The summed E-state index contributed by atoms with van der Waals surface area (Å²) in [5, 5.41) is 3.12. The smallest absolute Gasteiger partial charge is 1.00 e. The zero-order chi connectivity index (χ0) is 9.68. The number of carbonyl (C=O) groups excluding carboxylic acids is 1. The monoisotopic (exact) mass is 265 g/mol. The molecule has 72 valence electrons. The van der Waals surface area contributed by atoms with Gasteiger partial charge in [-0.3, -0.25) is 4.79 Å². The molecule has 3 heteroatoms. The van der Waals surface area contributed by atoms with Crippen molar-refractivity contribution in [3.63, 3.8) is 0 Å². The molecule has 0 heterocycles. The summed E-state index contributed by atoms with van der Waals surface area (Å²) in [5.41, 5.74) is 1.08. The van der Waals surface area contributed by atoms with Crippen LogP contribution in [0.5, 0.6) is 0 Å². The molecule has 1 rings (SSSR count). The summed E-state index contributed by atoms with van der Waals surface area (Å²) in [6.07, 6.45) is 0. The number of Topliss-reactive ketones (excluding diaryl/α,β-unsaturated/α-hetero) is 1. The van der Waals surface area contributed by atoms with Crippen LogP contribution in [0.2, 0.25) is 0 Å². The van der Waals surface area contributed by atoms with Gasteiger partial charge >= 0.3 is 45.5 Å². The van der Waals surface area contributed by atoms with Crippen molar-refractivity contribution >= 4 is 51.3 Å². The van der Waals surface area contributed by atoms with Gasteiger partial charge in [0.2, 0.25) is 0 Å². The topological polar surface area (TPSA) is 29.1 Å². The third kappa shape index (κ3) is 5.27. The summed E-state index contributed by atoms with van der Waals surface area (Å²) in [6, 6.07) is 10.8. The second-order valence-electron chi connectivity index (χ2n) is 3.10. The van der Waals surface area contributed by atoms with E-state index in [2.05, 4.69) is 11.4 Å². The molecule has 0 saturated carbocycles. The standard InChI is InChI=1S/C11H14NO.Sr.H/c1-9(10(2)13)12-8-11-6-4-3-5-7-11;;/h3-6,9,12H,8H2,1-2H3;;/q-1;+2;-1/t9-;;/m0../s1. The Balaban J connectivity index is 0. The van der Waals surface area contributed by atoms with E-state index in [0.29, 0.717) is 6.54 Å². The molecule has 0 unspecified atom stereocenters. The molecule has 0 aromatic heterocycles. The van der Waals surface area contributed by atoms with E-state index in [-0.39, 0.29) is 58.7 Å².